The van der Waals surface area contributed by atoms with E-state index < -0.39 is 0 Å². The Morgan fingerprint density at radius 1 is 1.35 bits per heavy atom. The Morgan fingerprint density at radius 2 is 2.30 bits per heavy atom. The van der Waals surface area contributed by atoms with Crippen molar-refractivity contribution in [2.45, 2.75) is 32.4 Å². The molecule has 0 N–H and O–H groups in total. The topological polar surface area (TPSA) is 47.5 Å². The van der Waals surface area contributed by atoms with E-state index in [-0.39, 0.29) is 6.10 Å². The van der Waals surface area contributed by atoms with Gasteiger partial charge in [0.2, 0.25) is 5.88 Å². The number of aromatic nitrogens is 2. The second-order valence-corrected chi connectivity index (χ2v) is 6.26. The maximum Gasteiger partial charge on any atom is 0.216 e. The van der Waals surface area contributed by atoms with Crippen LogP contribution in [-0.4, -0.2) is 40.7 Å². The van der Waals surface area contributed by atoms with Crippen molar-refractivity contribution in [3.63, 3.8) is 0 Å². The first-order chi connectivity index (χ1) is 11.3. The van der Waals surface area contributed by atoms with Crippen LogP contribution >= 0.6 is 0 Å². The number of aryl methyl sites for hydroxylation is 1. The molecule has 4 rings (SSSR count). The number of hydrogen-bond acceptors (Lipinski definition) is 5. The van der Waals surface area contributed by atoms with Crippen molar-refractivity contribution in [2.75, 3.05) is 19.7 Å². The van der Waals surface area contributed by atoms with E-state index in [1.807, 2.05) is 19.1 Å². The van der Waals surface area contributed by atoms with Crippen LogP contribution in [0.2, 0.25) is 0 Å². The van der Waals surface area contributed by atoms with Crippen LogP contribution in [0.25, 0.3) is 0 Å². The maximum absolute atomic E-state index is 6.07. The molecule has 23 heavy (non-hydrogen) atoms. The Morgan fingerprint density at radius 3 is 3.22 bits per heavy atom. The van der Waals surface area contributed by atoms with Crippen LogP contribution in [0.1, 0.15) is 23.4 Å². The van der Waals surface area contributed by atoms with E-state index in [1.165, 1.54) is 5.56 Å². The van der Waals surface area contributed by atoms with Gasteiger partial charge in [-0.2, -0.15) is 0 Å². The quantitative estimate of drug-likeness (QED) is 0.867. The van der Waals surface area contributed by atoms with Gasteiger partial charge in [-0.1, -0.05) is 6.07 Å². The van der Waals surface area contributed by atoms with Gasteiger partial charge in [-0.3, -0.25) is 9.88 Å². The summed E-state index contributed by atoms with van der Waals surface area (Å²) in [4.78, 5) is 11.2. The van der Waals surface area contributed by atoms with E-state index in [1.54, 1.807) is 6.20 Å². The fraction of sp³-hybridized carbons (Fsp3) is 0.444. The van der Waals surface area contributed by atoms with Crippen molar-refractivity contribution in [1.82, 2.24) is 14.9 Å². The number of likely N-dealkylation sites (tertiary alicyclic amines) is 1. The van der Waals surface area contributed by atoms with Crippen LogP contribution in [0.4, 0.5) is 0 Å². The maximum atomic E-state index is 6.07. The minimum Gasteiger partial charge on any atom is -0.489 e. The summed E-state index contributed by atoms with van der Waals surface area (Å²) in [5.74, 6) is 1.73. The van der Waals surface area contributed by atoms with Gasteiger partial charge in [0.05, 0.1) is 12.3 Å². The molecular weight excluding hydrogens is 290 g/mol. The van der Waals surface area contributed by atoms with Gasteiger partial charge in [-0.25, -0.2) is 4.98 Å². The molecule has 0 amide bonds. The highest BCUT2D eigenvalue weighted by molar-refractivity contribution is 5.31. The van der Waals surface area contributed by atoms with E-state index in [4.69, 9.17) is 9.47 Å². The van der Waals surface area contributed by atoms with Crippen LogP contribution in [0.15, 0.2) is 30.5 Å². The lowest BCUT2D eigenvalue weighted by Gasteiger charge is -2.17. The van der Waals surface area contributed by atoms with E-state index in [2.05, 4.69) is 27.0 Å². The first kappa shape index (κ1) is 14.5. The number of ether oxygens (including phenoxy) is 2. The lowest BCUT2D eigenvalue weighted by atomic mass is 10.2. The van der Waals surface area contributed by atoms with Crippen molar-refractivity contribution in [3.05, 3.63) is 47.4 Å². The van der Waals surface area contributed by atoms with Crippen molar-refractivity contribution in [1.29, 1.82) is 0 Å². The lowest BCUT2D eigenvalue weighted by molar-refractivity contribution is 0.197. The highest BCUT2D eigenvalue weighted by atomic mass is 16.5. The van der Waals surface area contributed by atoms with Gasteiger partial charge in [-0.15, -0.1) is 0 Å². The predicted octanol–water partition coefficient (Wildman–Crippen LogP) is 2.37. The summed E-state index contributed by atoms with van der Waals surface area (Å²) in [6.45, 7) is 5.56. The molecule has 5 heteroatoms. The molecule has 2 aliphatic heterocycles. The fourth-order valence-corrected chi connectivity index (χ4v) is 3.22. The first-order valence-corrected chi connectivity index (χ1v) is 8.19. The molecule has 5 nitrogen and oxygen atoms in total. The summed E-state index contributed by atoms with van der Waals surface area (Å²) in [5, 5.41) is 0. The number of hydrogen-bond donors (Lipinski definition) is 0. The molecule has 0 aliphatic carbocycles. The standard InChI is InChI=1S/C18H21N3O2/c1-13-10-16(4-7-19-13)23-17-5-8-21(12-17)11-15-3-2-14-6-9-22-18(14)20-15/h2-4,7,10,17H,5-6,8-9,11-12H2,1H3/t17-/m1/s1. The van der Waals surface area contributed by atoms with Crippen LogP contribution in [-0.2, 0) is 13.0 Å². The monoisotopic (exact) mass is 311 g/mol. The molecule has 120 valence electrons. The Labute approximate surface area is 136 Å². The minimum absolute atomic E-state index is 0.238. The van der Waals surface area contributed by atoms with Crippen LogP contribution in [0.5, 0.6) is 11.6 Å². The molecule has 2 aromatic rings. The molecule has 0 unspecified atom stereocenters. The normalized spacial score (nSPS) is 20.3. The molecule has 0 saturated carbocycles. The van der Waals surface area contributed by atoms with Gasteiger partial charge in [0.1, 0.15) is 11.9 Å². The summed E-state index contributed by atoms with van der Waals surface area (Å²) >= 11 is 0. The molecule has 2 aliphatic rings. The van der Waals surface area contributed by atoms with Crippen molar-refractivity contribution in [2.24, 2.45) is 0 Å². The molecule has 1 saturated heterocycles. The molecular formula is C18H21N3O2. The Bertz CT molecular complexity index is 704. The zero-order valence-corrected chi connectivity index (χ0v) is 13.4. The third-order valence-corrected chi connectivity index (χ3v) is 4.39. The van der Waals surface area contributed by atoms with E-state index in [0.717, 1.165) is 62.1 Å². The van der Waals surface area contributed by atoms with Crippen LogP contribution < -0.4 is 9.47 Å². The number of fused-ring (bicyclic) bond motifs is 1. The number of nitrogens with zero attached hydrogens (tertiary/aromatic N) is 3. The van der Waals surface area contributed by atoms with E-state index in [0.29, 0.717) is 0 Å². The Kier molecular flexibility index (Phi) is 3.87. The molecule has 1 atom stereocenters. The zero-order chi connectivity index (χ0) is 15.6. The van der Waals surface area contributed by atoms with E-state index >= 15 is 0 Å². The molecule has 1 fully saturated rings. The third kappa shape index (κ3) is 3.29. The molecule has 0 radical (unpaired) electrons. The SMILES string of the molecule is Cc1cc(O[C@@H]2CCN(Cc3ccc4c(n3)OCC4)C2)ccn1. The highest BCUT2D eigenvalue weighted by Gasteiger charge is 2.25. The van der Waals surface area contributed by atoms with E-state index in [9.17, 15) is 0 Å². The van der Waals surface area contributed by atoms with Crippen molar-refractivity contribution >= 4 is 0 Å². The minimum atomic E-state index is 0.238. The second kappa shape index (κ2) is 6.16. The first-order valence-electron chi connectivity index (χ1n) is 8.19. The molecule has 0 aromatic carbocycles. The summed E-state index contributed by atoms with van der Waals surface area (Å²) in [6.07, 6.45) is 4.06. The third-order valence-electron chi connectivity index (χ3n) is 4.39. The summed E-state index contributed by atoms with van der Waals surface area (Å²) in [6, 6.07) is 8.18. The molecule has 0 spiro atoms. The second-order valence-electron chi connectivity index (χ2n) is 6.26. The number of pyridine rings is 2. The molecule has 0 bridgehead atoms. The summed E-state index contributed by atoms with van der Waals surface area (Å²) in [5.41, 5.74) is 3.29. The van der Waals surface area contributed by atoms with Gasteiger partial charge in [0.15, 0.2) is 0 Å². The summed E-state index contributed by atoms with van der Waals surface area (Å²) < 4.78 is 11.6. The average molecular weight is 311 g/mol. The summed E-state index contributed by atoms with van der Waals surface area (Å²) in [7, 11) is 0. The van der Waals surface area contributed by atoms with Crippen LogP contribution in [0.3, 0.4) is 0 Å². The smallest absolute Gasteiger partial charge is 0.216 e. The highest BCUT2D eigenvalue weighted by Crippen LogP contribution is 2.24. The van der Waals surface area contributed by atoms with Crippen molar-refractivity contribution < 1.29 is 9.47 Å². The van der Waals surface area contributed by atoms with Crippen LogP contribution in [0, 0.1) is 6.92 Å². The number of rotatable bonds is 4. The van der Waals surface area contributed by atoms with Crippen molar-refractivity contribution in [3.8, 4) is 11.6 Å². The Hall–Kier alpha value is -2.14. The predicted molar refractivity (Wildman–Crippen MR) is 86.7 cm³/mol. The molecule has 4 heterocycles. The Balaban J connectivity index is 1.35. The van der Waals surface area contributed by atoms with Gasteiger partial charge >= 0.3 is 0 Å². The van der Waals surface area contributed by atoms with Gasteiger partial charge < -0.3 is 9.47 Å². The average Bonchev–Trinajstić information content (AvgIpc) is 3.16. The zero-order valence-electron chi connectivity index (χ0n) is 13.4. The molecule has 2 aromatic heterocycles. The van der Waals surface area contributed by atoms with Gasteiger partial charge in [0.25, 0.3) is 0 Å². The van der Waals surface area contributed by atoms with Gasteiger partial charge in [-0.05, 0) is 25.5 Å². The van der Waals surface area contributed by atoms with Gasteiger partial charge in [0, 0.05) is 49.6 Å². The lowest BCUT2D eigenvalue weighted by Crippen LogP contribution is -2.25. The fourth-order valence-electron chi connectivity index (χ4n) is 3.22. The largest absolute Gasteiger partial charge is 0.489 e.